The molecule has 4 N–H and O–H groups in total. The monoisotopic (exact) mass is 520 g/mol. The summed E-state index contributed by atoms with van der Waals surface area (Å²) in [6.07, 6.45) is 8.13. The second-order valence-corrected chi connectivity index (χ2v) is 10.9. The van der Waals surface area contributed by atoms with Gasteiger partial charge in [0.25, 0.3) is 5.91 Å². The van der Waals surface area contributed by atoms with Crippen molar-refractivity contribution >= 4 is 29.2 Å². The van der Waals surface area contributed by atoms with E-state index < -0.39 is 0 Å². The molecule has 0 saturated carbocycles. The number of hydrogen-bond acceptors (Lipinski definition) is 7. The van der Waals surface area contributed by atoms with Gasteiger partial charge in [0.1, 0.15) is 11.4 Å². The predicted molar refractivity (Wildman–Crippen MR) is 141 cm³/mol. The minimum absolute atomic E-state index is 0.106. The number of pyridine rings is 1. The second-order valence-electron chi connectivity index (χ2n) is 10.5. The molecular formula is C26H41ClN6O3. The van der Waals surface area contributed by atoms with Gasteiger partial charge in [-0.05, 0) is 75.9 Å². The topological polar surface area (TPSA) is 113 Å². The van der Waals surface area contributed by atoms with Gasteiger partial charge in [0.15, 0.2) is 0 Å². The highest BCUT2D eigenvalue weighted by Gasteiger charge is 2.28. The average molecular weight is 521 g/mol. The molecule has 0 spiro atoms. The molecule has 3 aliphatic heterocycles. The Morgan fingerprint density at radius 3 is 2.47 bits per heavy atom. The number of aromatic nitrogens is 1. The van der Waals surface area contributed by atoms with Gasteiger partial charge in [-0.25, -0.2) is 0 Å². The molecule has 0 bridgehead atoms. The lowest BCUT2D eigenvalue weighted by atomic mass is 9.92. The highest BCUT2D eigenvalue weighted by atomic mass is 35.5. The number of anilines is 1. The third-order valence-corrected chi connectivity index (χ3v) is 8.34. The molecule has 200 valence electrons. The Kier molecular flexibility index (Phi) is 9.67. The van der Waals surface area contributed by atoms with E-state index in [1.165, 1.54) is 26.0 Å². The van der Waals surface area contributed by atoms with Gasteiger partial charge in [0.05, 0.1) is 12.1 Å². The molecule has 9 nitrogen and oxygen atoms in total. The molecule has 0 atom stereocenters. The van der Waals surface area contributed by atoms with E-state index in [0.717, 1.165) is 77.9 Å². The molecule has 10 heteroatoms. The lowest BCUT2D eigenvalue weighted by molar-refractivity contribution is -0.133. The van der Waals surface area contributed by atoms with Crippen molar-refractivity contribution in [3.8, 4) is 5.88 Å². The quantitative estimate of drug-likeness (QED) is 0.482. The summed E-state index contributed by atoms with van der Waals surface area (Å²) in [6, 6.07) is 1.62. The largest absolute Gasteiger partial charge is 0.480 e. The van der Waals surface area contributed by atoms with E-state index in [-0.39, 0.29) is 28.7 Å². The minimum atomic E-state index is -0.239. The average Bonchev–Trinajstić information content (AvgIpc) is 2.90. The smallest absolute Gasteiger partial charge is 0.257 e. The van der Waals surface area contributed by atoms with Crippen molar-refractivity contribution in [2.45, 2.75) is 57.4 Å². The van der Waals surface area contributed by atoms with Crippen molar-refractivity contribution in [2.75, 3.05) is 58.7 Å². The number of carbonyl (C=O) groups is 2. The maximum absolute atomic E-state index is 12.8. The first-order chi connectivity index (χ1) is 17.4. The Morgan fingerprint density at radius 2 is 1.81 bits per heavy atom. The number of hydrogen-bond donors (Lipinski definition) is 3. The van der Waals surface area contributed by atoms with Crippen molar-refractivity contribution in [3.05, 3.63) is 16.7 Å². The van der Waals surface area contributed by atoms with E-state index in [1.54, 1.807) is 0 Å². The number of carbonyl (C=O) groups excluding carboxylic acids is 2. The number of methoxy groups -OCH3 is 1. The summed E-state index contributed by atoms with van der Waals surface area (Å²) >= 11 is 6.06. The molecule has 2 amide bonds. The van der Waals surface area contributed by atoms with Crippen LogP contribution < -0.4 is 21.1 Å². The van der Waals surface area contributed by atoms with Crippen LogP contribution in [-0.4, -0.2) is 85.6 Å². The number of nitrogens with one attached hydrogen (secondary N) is 2. The molecule has 4 rings (SSSR count). The fourth-order valence-corrected chi connectivity index (χ4v) is 5.86. The van der Waals surface area contributed by atoms with Crippen molar-refractivity contribution in [1.82, 2.24) is 25.4 Å². The lowest BCUT2D eigenvalue weighted by Crippen LogP contribution is -2.47. The molecule has 0 aromatic carbocycles. The van der Waals surface area contributed by atoms with Gasteiger partial charge in [0, 0.05) is 45.2 Å². The number of nitrogens with zero attached hydrogens (tertiary/aromatic N) is 3. The maximum Gasteiger partial charge on any atom is 0.257 e. The number of ether oxygens (including phenoxy) is 1. The molecule has 3 aliphatic rings. The summed E-state index contributed by atoms with van der Waals surface area (Å²) < 4.78 is 5.21. The highest BCUT2D eigenvalue weighted by molar-refractivity contribution is 6.33. The third kappa shape index (κ3) is 7.23. The fourth-order valence-electron chi connectivity index (χ4n) is 5.71. The van der Waals surface area contributed by atoms with Gasteiger partial charge in [0.2, 0.25) is 11.8 Å². The van der Waals surface area contributed by atoms with Crippen LogP contribution in [0.15, 0.2) is 6.07 Å². The van der Waals surface area contributed by atoms with Crippen molar-refractivity contribution in [1.29, 1.82) is 0 Å². The summed E-state index contributed by atoms with van der Waals surface area (Å²) in [7, 11) is 1.46. The summed E-state index contributed by atoms with van der Waals surface area (Å²) in [6.45, 7) is 6.96. The molecule has 4 heterocycles. The number of nitrogens with two attached hydrogens (primary N) is 1. The number of nitrogen functional groups attached to an aromatic ring is 1. The molecule has 1 aromatic heterocycles. The molecule has 3 saturated heterocycles. The molecule has 36 heavy (non-hydrogen) atoms. The second kappa shape index (κ2) is 12.9. The molecule has 1 aromatic rings. The van der Waals surface area contributed by atoms with Crippen LogP contribution in [0.2, 0.25) is 5.02 Å². The van der Waals surface area contributed by atoms with Crippen LogP contribution in [0.25, 0.3) is 0 Å². The number of likely N-dealkylation sites (tertiary alicyclic amines) is 2. The van der Waals surface area contributed by atoms with E-state index in [0.29, 0.717) is 29.7 Å². The Labute approximate surface area is 219 Å². The Morgan fingerprint density at radius 1 is 1.11 bits per heavy atom. The van der Waals surface area contributed by atoms with Gasteiger partial charge < -0.3 is 30.9 Å². The summed E-state index contributed by atoms with van der Waals surface area (Å²) in [5.41, 5.74) is 6.03. The van der Waals surface area contributed by atoms with Gasteiger partial charge in [-0.15, -0.1) is 0 Å². The minimum Gasteiger partial charge on any atom is -0.480 e. The predicted octanol–water partition coefficient (Wildman–Crippen LogP) is 2.54. The van der Waals surface area contributed by atoms with Crippen LogP contribution in [-0.2, 0) is 4.79 Å². The summed E-state index contributed by atoms with van der Waals surface area (Å²) in [5.74, 6) is 1.78. The normalized spacial score (nSPS) is 20.9. The number of amides is 2. The first-order valence-corrected chi connectivity index (χ1v) is 13.8. The molecule has 0 aliphatic carbocycles. The first kappa shape index (κ1) is 26.9. The zero-order valence-corrected chi connectivity index (χ0v) is 22.2. The molecule has 0 unspecified atom stereocenters. The van der Waals surface area contributed by atoms with Crippen molar-refractivity contribution in [2.24, 2.45) is 11.8 Å². The SMILES string of the molecule is COc1nc(N)c(Cl)cc1C(=O)NC1CCN(CC2CCN(C(=O)CCC3CCNCC3)CC2)CC1. The number of halogens is 1. The number of rotatable bonds is 8. The molecule has 0 radical (unpaired) electrons. The Bertz CT molecular complexity index is 894. The first-order valence-electron chi connectivity index (χ1n) is 13.4. The van der Waals surface area contributed by atoms with E-state index in [2.05, 4.69) is 25.4 Å². The third-order valence-electron chi connectivity index (χ3n) is 8.04. The van der Waals surface area contributed by atoms with Crippen LogP contribution in [0, 0.1) is 11.8 Å². The molecule has 3 fully saturated rings. The van der Waals surface area contributed by atoms with E-state index >= 15 is 0 Å². The van der Waals surface area contributed by atoms with Gasteiger partial charge in [-0.3, -0.25) is 9.59 Å². The lowest BCUT2D eigenvalue weighted by Gasteiger charge is -2.38. The van der Waals surface area contributed by atoms with Crippen molar-refractivity contribution in [3.63, 3.8) is 0 Å². The Hall–Kier alpha value is -2.10. The van der Waals surface area contributed by atoms with E-state index in [1.807, 2.05) is 0 Å². The zero-order valence-electron chi connectivity index (χ0n) is 21.4. The van der Waals surface area contributed by atoms with Crippen LogP contribution in [0.5, 0.6) is 5.88 Å². The highest BCUT2D eigenvalue weighted by Crippen LogP contribution is 2.26. The van der Waals surface area contributed by atoms with Crippen LogP contribution >= 0.6 is 11.6 Å². The van der Waals surface area contributed by atoms with E-state index in [4.69, 9.17) is 22.1 Å². The fraction of sp³-hybridized carbons (Fsp3) is 0.731. The Balaban J connectivity index is 1.14. The van der Waals surface area contributed by atoms with Crippen LogP contribution in [0.1, 0.15) is 61.7 Å². The van der Waals surface area contributed by atoms with Crippen LogP contribution in [0.4, 0.5) is 5.82 Å². The number of piperidine rings is 3. The standard InChI is InChI=1S/C26H41ClN6O3/c1-36-26-21(16-22(27)24(28)31-26)25(35)30-20-8-12-32(13-9-20)17-19-6-14-33(15-7-19)23(34)3-2-18-4-10-29-11-5-18/h16,18-20,29H,2-15,17H2,1H3,(H2,28,31)(H,30,35). The van der Waals surface area contributed by atoms with Crippen molar-refractivity contribution < 1.29 is 14.3 Å². The van der Waals surface area contributed by atoms with Crippen LogP contribution in [0.3, 0.4) is 0 Å². The summed E-state index contributed by atoms with van der Waals surface area (Å²) in [5, 5.41) is 6.74. The molecular weight excluding hydrogens is 480 g/mol. The van der Waals surface area contributed by atoms with Gasteiger partial charge in [-0.1, -0.05) is 11.6 Å². The maximum atomic E-state index is 12.8. The summed E-state index contributed by atoms with van der Waals surface area (Å²) in [4.78, 5) is 34.1. The van der Waals surface area contributed by atoms with Gasteiger partial charge >= 0.3 is 0 Å². The van der Waals surface area contributed by atoms with Gasteiger partial charge in [-0.2, -0.15) is 4.98 Å². The zero-order chi connectivity index (χ0) is 25.5. The van der Waals surface area contributed by atoms with E-state index in [9.17, 15) is 9.59 Å².